The quantitative estimate of drug-likeness (QED) is 0.751. The van der Waals surface area contributed by atoms with Crippen LogP contribution in [-0.4, -0.2) is 61.0 Å². The molecule has 1 aromatic carbocycles. The first-order chi connectivity index (χ1) is 14.4. The SMILES string of the molecule is N#Cc1ccc(N2CCC(C(=O)N3CCN(C4CCC4)CC3)CC2)cc1C(F)(F)F. The molecule has 1 aliphatic carbocycles. The number of carbonyl (C=O) groups is 1. The fraction of sp³-hybridized carbons (Fsp3) is 0.636. The topological polar surface area (TPSA) is 50.6 Å². The maximum Gasteiger partial charge on any atom is 0.417 e. The van der Waals surface area contributed by atoms with Crippen molar-refractivity contribution in [3.8, 4) is 6.07 Å². The summed E-state index contributed by atoms with van der Waals surface area (Å²) in [4.78, 5) is 19.3. The lowest BCUT2D eigenvalue weighted by Gasteiger charge is -2.44. The number of benzene rings is 1. The molecule has 0 aromatic heterocycles. The normalized spacial score (nSPS) is 21.9. The van der Waals surface area contributed by atoms with E-state index < -0.39 is 11.7 Å². The number of alkyl halides is 3. The Bertz CT molecular complexity index is 815. The summed E-state index contributed by atoms with van der Waals surface area (Å²) in [5.74, 6) is 0.135. The Balaban J connectivity index is 1.33. The summed E-state index contributed by atoms with van der Waals surface area (Å²) in [7, 11) is 0. The molecule has 162 valence electrons. The summed E-state index contributed by atoms with van der Waals surface area (Å²) >= 11 is 0. The van der Waals surface area contributed by atoms with Crippen LogP contribution in [0.4, 0.5) is 18.9 Å². The van der Waals surface area contributed by atoms with E-state index in [2.05, 4.69) is 4.90 Å². The predicted molar refractivity (Wildman–Crippen MR) is 107 cm³/mol. The van der Waals surface area contributed by atoms with Gasteiger partial charge in [0.15, 0.2) is 0 Å². The monoisotopic (exact) mass is 420 g/mol. The number of piperidine rings is 1. The van der Waals surface area contributed by atoms with Crippen LogP contribution in [-0.2, 0) is 11.0 Å². The average molecular weight is 420 g/mol. The molecule has 30 heavy (non-hydrogen) atoms. The van der Waals surface area contributed by atoms with Gasteiger partial charge < -0.3 is 9.80 Å². The first-order valence-corrected chi connectivity index (χ1v) is 10.8. The lowest BCUT2D eigenvalue weighted by atomic mass is 9.90. The maximum absolute atomic E-state index is 13.2. The second-order valence-corrected chi connectivity index (χ2v) is 8.55. The zero-order valence-electron chi connectivity index (χ0n) is 17.0. The Hall–Kier alpha value is -2.27. The van der Waals surface area contributed by atoms with Crippen molar-refractivity contribution in [1.82, 2.24) is 9.80 Å². The maximum atomic E-state index is 13.2. The highest BCUT2D eigenvalue weighted by Gasteiger charge is 2.36. The van der Waals surface area contributed by atoms with E-state index in [9.17, 15) is 18.0 Å². The second-order valence-electron chi connectivity index (χ2n) is 8.55. The molecule has 4 rings (SSSR count). The van der Waals surface area contributed by atoms with E-state index >= 15 is 0 Å². The van der Waals surface area contributed by atoms with Crippen molar-refractivity contribution in [2.45, 2.75) is 44.3 Å². The largest absolute Gasteiger partial charge is 0.417 e. The van der Waals surface area contributed by atoms with Crippen LogP contribution in [0.2, 0.25) is 0 Å². The molecule has 3 fully saturated rings. The molecule has 2 saturated heterocycles. The van der Waals surface area contributed by atoms with E-state index in [1.165, 1.54) is 25.3 Å². The number of hydrogen-bond acceptors (Lipinski definition) is 4. The number of rotatable bonds is 3. The second kappa shape index (κ2) is 8.46. The predicted octanol–water partition coefficient (Wildman–Crippen LogP) is 3.49. The van der Waals surface area contributed by atoms with Gasteiger partial charge in [0.1, 0.15) is 0 Å². The molecule has 0 spiro atoms. The van der Waals surface area contributed by atoms with Gasteiger partial charge in [0, 0.05) is 56.9 Å². The molecular weight excluding hydrogens is 393 g/mol. The molecule has 2 heterocycles. The van der Waals surface area contributed by atoms with Gasteiger partial charge in [-0.05, 0) is 43.9 Å². The number of halogens is 3. The van der Waals surface area contributed by atoms with E-state index in [4.69, 9.17) is 5.26 Å². The molecule has 2 aliphatic heterocycles. The van der Waals surface area contributed by atoms with E-state index in [0.29, 0.717) is 37.7 Å². The molecule has 0 atom stereocenters. The van der Waals surface area contributed by atoms with Crippen LogP contribution >= 0.6 is 0 Å². The Morgan fingerprint density at radius 3 is 2.20 bits per heavy atom. The van der Waals surface area contributed by atoms with Crippen LogP contribution in [0.1, 0.15) is 43.2 Å². The lowest BCUT2D eigenvalue weighted by molar-refractivity contribution is -0.138. The summed E-state index contributed by atoms with van der Waals surface area (Å²) in [6.45, 7) is 4.53. The summed E-state index contributed by atoms with van der Waals surface area (Å²) in [5, 5.41) is 8.96. The minimum Gasteiger partial charge on any atom is -0.371 e. The van der Waals surface area contributed by atoms with Crippen LogP contribution in [0.15, 0.2) is 18.2 Å². The van der Waals surface area contributed by atoms with Crippen molar-refractivity contribution in [3.05, 3.63) is 29.3 Å². The number of piperazine rings is 1. The molecule has 1 amide bonds. The van der Waals surface area contributed by atoms with E-state index in [-0.39, 0.29) is 17.4 Å². The van der Waals surface area contributed by atoms with Crippen LogP contribution < -0.4 is 4.90 Å². The third-order valence-corrected chi connectivity index (χ3v) is 6.86. The summed E-state index contributed by atoms with van der Waals surface area (Å²) in [6, 6.07) is 6.18. The Labute approximate surface area is 175 Å². The third kappa shape index (κ3) is 4.27. The van der Waals surface area contributed by atoms with Gasteiger partial charge in [0.2, 0.25) is 5.91 Å². The van der Waals surface area contributed by atoms with Crippen molar-refractivity contribution in [2.24, 2.45) is 5.92 Å². The number of nitriles is 1. The number of hydrogen-bond donors (Lipinski definition) is 0. The minimum atomic E-state index is -4.56. The van der Waals surface area contributed by atoms with Gasteiger partial charge in [-0.2, -0.15) is 18.4 Å². The van der Waals surface area contributed by atoms with Gasteiger partial charge in [-0.25, -0.2) is 0 Å². The molecule has 3 aliphatic rings. The molecule has 8 heteroatoms. The van der Waals surface area contributed by atoms with Gasteiger partial charge in [-0.1, -0.05) is 6.42 Å². The van der Waals surface area contributed by atoms with Gasteiger partial charge in [0.25, 0.3) is 0 Å². The average Bonchev–Trinajstić information content (AvgIpc) is 2.71. The molecule has 1 aromatic rings. The van der Waals surface area contributed by atoms with Crippen molar-refractivity contribution < 1.29 is 18.0 Å². The van der Waals surface area contributed by atoms with E-state index in [1.807, 2.05) is 9.80 Å². The summed E-state index contributed by atoms with van der Waals surface area (Å²) in [5.41, 5.74) is -0.802. The molecular formula is C22H27F3N4O. The van der Waals surface area contributed by atoms with Gasteiger partial charge in [-0.15, -0.1) is 0 Å². The van der Waals surface area contributed by atoms with Crippen LogP contribution in [0, 0.1) is 17.2 Å². The van der Waals surface area contributed by atoms with E-state index in [1.54, 1.807) is 12.1 Å². The molecule has 0 radical (unpaired) electrons. The first kappa shape index (κ1) is 21.0. The van der Waals surface area contributed by atoms with Crippen molar-refractivity contribution >= 4 is 11.6 Å². The molecule has 1 saturated carbocycles. The highest BCUT2D eigenvalue weighted by atomic mass is 19.4. The first-order valence-electron chi connectivity index (χ1n) is 10.8. The molecule has 5 nitrogen and oxygen atoms in total. The molecule has 0 N–H and O–H groups in total. The van der Waals surface area contributed by atoms with E-state index in [0.717, 1.165) is 32.2 Å². The van der Waals surface area contributed by atoms with Crippen molar-refractivity contribution in [2.75, 3.05) is 44.2 Å². The highest BCUT2D eigenvalue weighted by Crippen LogP contribution is 2.35. The number of carbonyl (C=O) groups excluding carboxylic acids is 1. The Morgan fingerprint density at radius 1 is 1.00 bits per heavy atom. The standard InChI is InChI=1S/C22H27F3N4O/c23-22(24,25)20-14-19(5-4-17(20)15-26)27-8-6-16(7-9-27)21(30)29-12-10-28(11-13-29)18-2-1-3-18/h4-5,14,16,18H,1-3,6-13H2. The van der Waals surface area contributed by atoms with Crippen LogP contribution in [0.25, 0.3) is 0 Å². The van der Waals surface area contributed by atoms with Crippen LogP contribution in [0.3, 0.4) is 0 Å². The van der Waals surface area contributed by atoms with Gasteiger partial charge in [0.05, 0.1) is 17.2 Å². The summed E-state index contributed by atoms with van der Waals surface area (Å²) < 4.78 is 39.7. The smallest absolute Gasteiger partial charge is 0.371 e. The molecule has 0 unspecified atom stereocenters. The lowest BCUT2D eigenvalue weighted by Crippen LogP contribution is -2.55. The van der Waals surface area contributed by atoms with Crippen LogP contribution in [0.5, 0.6) is 0 Å². The number of nitrogens with zero attached hydrogens (tertiary/aromatic N) is 4. The summed E-state index contributed by atoms with van der Waals surface area (Å²) in [6.07, 6.45) is 0.588. The number of amides is 1. The van der Waals surface area contributed by atoms with Crippen molar-refractivity contribution in [1.29, 1.82) is 5.26 Å². The number of anilines is 1. The fourth-order valence-electron chi connectivity index (χ4n) is 4.76. The van der Waals surface area contributed by atoms with Gasteiger partial charge >= 0.3 is 6.18 Å². The minimum absolute atomic E-state index is 0.0584. The Morgan fingerprint density at radius 2 is 1.67 bits per heavy atom. The van der Waals surface area contributed by atoms with Crippen molar-refractivity contribution in [3.63, 3.8) is 0 Å². The highest BCUT2D eigenvalue weighted by molar-refractivity contribution is 5.79. The Kier molecular flexibility index (Phi) is 5.92. The zero-order valence-corrected chi connectivity index (χ0v) is 17.0. The fourth-order valence-corrected chi connectivity index (χ4v) is 4.76. The van der Waals surface area contributed by atoms with Gasteiger partial charge in [-0.3, -0.25) is 9.69 Å². The molecule has 0 bridgehead atoms. The zero-order chi connectivity index (χ0) is 21.3. The third-order valence-electron chi connectivity index (χ3n) is 6.86.